The molecule has 3 heterocycles. The van der Waals surface area contributed by atoms with Crippen molar-refractivity contribution < 1.29 is 9.32 Å². The molecule has 0 spiro atoms. The average Bonchev–Trinajstić information content (AvgIpc) is 3.26. The van der Waals surface area contributed by atoms with E-state index in [1.807, 2.05) is 31.2 Å². The highest BCUT2D eigenvalue weighted by molar-refractivity contribution is 5.75. The zero-order chi connectivity index (χ0) is 20.9. The molecule has 3 aromatic heterocycles. The van der Waals surface area contributed by atoms with Gasteiger partial charge >= 0.3 is 0 Å². The van der Waals surface area contributed by atoms with E-state index >= 15 is 0 Å². The number of carbonyl (C=O) groups is 1. The number of hydrogen-bond donors (Lipinski definition) is 1. The SMILES string of the molecule is Cc1ccc(CNC(=O)Cn2nc(-c3nc(-c4ccncc4)no3)ccc2=O)cc1. The monoisotopic (exact) mass is 402 g/mol. The molecule has 0 atom stereocenters. The standard InChI is InChI=1S/C21H18N6O3/c1-14-2-4-15(5-3-14)12-23-18(28)13-27-19(29)7-6-17(25-27)21-24-20(26-30-21)16-8-10-22-11-9-16/h2-11H,12-13H2,1H3,(H,23,28). The summed E-state index contributed by atoms with van der Waals surface area (Å²) in [6.45, 7) is 2.15. The van der Waals surface area contributed by atoms with E-state index in [4.69, 9.17) is 4.52 Å². The van der Waals surface area contributed by atoms with Gasteiger partial charge < -0.3 is 9.84 Å². The third kappa shape index (κ3) is 4.46. The molecule has 0 radical (unpaired) electrons. The molecule has 1 amide bonds. The Labute approximate surface area is 171 Å². The lowest BCUT2D eigenvalue weighted by Gasteiger charge is -2.07. The van der Waals surface area contributed by atoms with Gasteiger partial charge in [0, 0.05) is 30.6 Å². The Bertz CT molecular complexity index is 1220. The Morgan fingerprint density at radius 2 is 1.83 bits per heavy atom. The molecule has 150 valence electrons. The molecule has 0 saturated carbocycles. The second-order valence-corrected chi connectivity index (χ2v) is 6.64. The number of benzene rings is 1. The Kier molecular flexibility index (Phi) is 5.42. The molecule has 9 heteroatoms. The molecule has 9 nitrogen and oxygen atoms in total. The zero-order valence-electron chi connectivity index (χ0n) is 16.1. The fraction of sp³-hybridized carbons (Fsp3) is 0.143. The topological polar surface area (TPSA) is 116 Å². The fourth-order valence-corrected chi connectivity index (χ4v) is 2.72. The summed E-state index contributed by atoms with van der Waals surface area (Å²) in [7, 11) is 0. The van der Waals surface area contributed by atoms with Crippen molar-refractivity contribution in [3.8, 4) is 23.0 Å². The summed E-state index contributed by atoms with van der Waals surface area (Å²) in [5.74, 6) is 0.198. The lowest BCUT2D eigenvalue weighted by Crippen LogP contribution is -2.33. The van der Waals surface area contributed by atoms with Gasteiger partial charge in [0.25, 0.3) is 11.4 Å². The van der Waals surface area contributed by atoms with Crippen LogP contribution in [0.15, 0.2) is 70.2 Å². The molecule has 0 unspecified atom stereocenters. The number of carbonyl (C=O) groups excluding carboxylic acids is 1. The first kappa shape index (κ1) is 19.2. The van der Waals surface area contributed by atoms with E-state index in [-0.39, 0.29) is 18.3 Å². The Balaban J connectivity index is 1.47. The smallest absolute Gasteiger partial charge is 0.278 e. The Morgan fingerprint density at radius 3 is 2.60 bits per heavy atom. The quantitative estimate of drug-likeness (QED) is 0.524. The first-order valence-corrected chi connectivity index (χ1v) is 9.23. The minimum atomic E-state index is -0.405. The van der Waals surface area contributed by atoms with Gasteiger partial charge in [-0.3, -0.25) is 14.6 Å². The van der Waals surface area contributed by atoms with Crippen LogP contribution in [0.5, 0.6) is 0 Å². The van der Waals surface area contributed by atoms with E-state index < -0.39 is 5.56 Å². The van der Waals surface area contributed by atoms with E-state index in [2.05, 4.69) is 25.5 Å². The number of rotatable bonds is 6. The fourth-order valence-electron chi connectivity index (χ4n) is 2.72. The first-order chi connectivity index (χ1) is 14.6. The number of nitrogens with one attached hydrogen (secondary N) is 1. The summed E-state index contributed by atoms with van der Waals surface area (Å²) in [6, 6.07) is 14.1. The first-order valence-electron chi connectivity index (χ1n) is 9.23. The summed E-state index contributed by atoms with van der Waals surface area (Å²) in [4.78, 5) is 32.6. The number of aromatic nitrogens is 5. The molecule has 0 fully saturated rings. The van der Waals surface area contributed by atoms with Crippen LogP contribution in [-0.2, 0) is 17.9 Å². The van der Waals surface area contributed by atoms with Crippen LogP contribution in [-0.4, -0.2) is 30.8 Å². The molecule has 0 aliphatic carbocycles. The summed E-state index contributed by atoms with van der Waals surface area (Å²) < 4.78 is 6.33. The van der Waals surface area contributed by atoms with E-state index in [9.17, 15) is 9.59 Å². The van der Waals surface area contributed by atoms with Crippen molar-refractivity contribution in [1.82, 2.24) is 30.2 Å². The van der Waals surface area contributed by atoms with E-state index in [0.717, 1.165) is 21.4 Å². The average molecular weight is 402 g/mol. The highest BCUT2D eigenvalue weighted by atomic mass is 16.5. The largest absolute Gasteiger partial charge is 0.350 e. The van der Waals surface area contributed by atoms with Gasteiger partial charge in [0.1, 0.15) is 12.2 Å². The van der Waals surface area contributed by atoms with Gasteiger partial charge in [-0.1, -0.05) is 35.0 Å². The van der Waals surface area contributed by atoms with Crippen LogP contribution in [0.4, 0.5) is 0 Å². The van der Waals surface area contributed by atoms with Crippen molar-refractivity contribution in [1.29, 1.82) is 0 Å². The highest BCUT2D eigenvalue weighted by Gasteiger charge is 2.14. The van der Waals surface area contributed by atoms with Crippen LogP contribution in [0.25, 0.3) is 23.0 Å². The predicted molar refractivity (Wildman–Crippen MR) is 108 cm³/mol. The number of amides is 1. The van der Waals surface area contributed by atoms with Crippen molar-refractivity contribution in [2.24, 2.45) is 0 Å². The molecular weight excluding hydrogens is 384 g/mol. The van der Waals surface area contributed by atoms with E-state index in [1.165, 1.54) is 12.1 Å². The maximum atomic E-state index is 12.3. The van der Waals surface area contributed by atoms with Gasteiger partial charge in [-0.25, -0.2) is 4.68 Å². The van der Waals surface area contributed by atoms with Crippen LogP contribution < -0.4 is 10.9 Å². The maximum Gasteiger partial charge on any atom is 0.278 e. The normalized spacial score (nSPS) is 10.7. The lowest BCUT2D eigenvalue weighted by atomic mass is 10.1. The molecule has 1 aromatic carbocycles. The van der Waals surface area contributed by atoms with Crippen molar-refractivity contribution in [3.05, 3.63) is 82.4 Å². The van der Waals surface area contributed by atoms with Gasteiger partial charge in [0.15, 0.2) is 0 Å². The minimum Gasteiger partial charge on any atom is -0.350 e. The van der Waals surface area contributed by atoms with Crippen molar-refractivity contribution in [2.45, 2.75) is 20.0 Å². The molecule has 0 bridgehead atoms. The number of hydrogen-bond acceptors (Lipinski definition) is 7. The molecule has 30 heavy (non-hydrogen) atoms. The van der Waals surface area contributed by atoms with Crippen LogP contribution in [0, 0.1) is 6.92 Å². The molecule has 1 N–H and O–H groups in total. The summed E-state index contributed by atoms with van der Waals surface area (Å²) in [5, 5.41) is 10.9. The highest BCUT2D eigenvalue weighted by Crippen LogP contribution is 2.19. The number of aryl methyl sites for hydroxylation is 1. The van der Waals surface area contributed by atoms with Gasteiger partial charge in [-0.05, 0) is 30.7 Å². The summed E-state index contributed by atoms with van der Waals surface area (Å²) in [5.41, 5.74) is 2.75. The third-order valence-corrected chi connectivity index (χ3v) is 4.35. The molecule has 0 aliphatic rings. The number of nitrogens with zero attached hydrogens (tertiary/aromatic N) is 5. The Hall–Kier alpha value is -4.14. The van der Waals surface area contributed by atoms with Crippen molar-refractivity contribution >= 4 is 5.91 Å². The lowest BCUT2D eigenvalue weighted by molar-refractivity contribution is -0.122. The summed E-state index contributed by atoms with van der Waals surface area (Å²) in [6.07, 6.45) is 3.25. The minimum absolute atomic E-state index is 0.149. The van der Waals surface area contributed by atoms with Crippen LogP contribution in [0.1, 0.15) is 11.1 Å². The second-order valence-electron chi connectivity index (χ2n) is 6.64. The summed E-state index contributed by atoms with van der Waals surface area (Å²) >= 11 is 0. The molecule has 0 aliphatic heterocycles. The third-order valence-electron chi connectivity index (χ3n) is 4.35. The zero-order valence-corrected chi connectivity index (χ0v) is 16.1. The molecule has 0 saturated heterocycles. The van der Waals surface area contributed by atoms with E-state index in [1.54, 1.807) is 24.5 Å². The van der Waals surface area contributed by atoms with Crippen molar-refractivity contribution in [2.75, 3.05) is 0 Å². The van der Waals surface area contributed by atoms with Crippen molar-refractivity contribution in [3.63, 3.8) is 0 Å². The van der Waals surface area contributed by atoms with Crippen LogP contribution in [0.2, 0.25) is 0 Å². The molecule has 4 aromatic rings. The second kappa shape index (κ2) is 8.48. The van der Waals surface area contributed by atoms with Gasteiger partial charge in [0.2, 0.25) is 11.7 Å². The Morgan fingerprint density at radius 1 is 1.07 bits per heavy atom. The van der Waals surface area contributed by atoms with Gasteiger partial charge in [-0.2, -0.15) is 10.1 Å². The molecule has 4 rings (SSSR count). The maximum absolute atomic E-state index is 12.3. The predicted octanol–water partition coefficient (Wildman–Crippen LogP) is 1.98. The number of pyridine rings is 1. The van der Waals surface area contributed by atoms with E-state index in [0.29, 0.717) is 18.1 Å². The van der Waals surface area contributed by atoms with Crippen LogP contribution >= 0.6 is 0 Å². The molecular formula is C21H18N6O3. The van der Waals surface area contributed by atoms with Gasteiger partial charge in [-0.15, -0.1) is 0 Å². The van der Waals surface area contributed by atoms with Crippen LogP contribution in [0.3, 0.4) is 0 Å². The van der Waals surface area contributed by atoms with Gasteiger partial charge in [0.05, 0.1) is 0 Å².